The van der Waals surface area contributed by atoms with Crippen LogP contribution in [0.15, 0.2) is 29.8 Å². The largest absolute Gasteiger partial charge is 0.465 e. The number of esters is 1. The van der Waals surface area contributed by atoms with Crippen molar-refractivity contribution < 1.29 is 37.7 Å². The van der Waals surface area contributed by atoms with Gasteiger partial charge in [0.2, 0.25) is 17.2 Å². The second kappa shape index (κ2) is 5.67. The zero-order valence-corrected chi connectivity index (χ0v) is 12.0. The van der Waals surface area contributed by atoms with Crippen LogP contribution in [0.25, 0.3) is 0 Å². The lowest BCUT2D eigenvalue weighted by molar-refractivity contribution is -0.142. The Morgan fingerprint density at radius 3 is 2.57 bits per heavy atom. The second-order valence-corrected chi connectivity index (χ2v) is 4.77. The van der Waals surface area contributed by atoms with Crippen molar-refractivity contribution in [3.8, 4) is 0 Å². The van der Waals surface area contributed by atoms with Gasteiger partial charge in [-0.05, 0) is 25.1 Å². The van der Waals surface area contributed by atoms with E-state index in [1.165, 1.54) is 0 Å². The lowest BCUT2D eigenvalue weighted by Crippen LogP contribution is -2.33. The molecule has 1 aromatic carbocycles. The van der Waals surface area contributed by atoms with Gasteiger partial charge in [-0.25, -0.2) is 13.6 Å². The summed E-state index contributed by atoms with van der Waals surface area (Å²) in [6.45, 7) is 2.09. The van der Waals surface area contributed by atoms with Crippen molar-refractivity contribution in [2.24, 2.45) is 0 Å². The van der Waals surface area contributed by atoms with Crippen molar-refractivity contribution in [1.82, 2.24) is 5.32 Å². The van der Waals surface area contributed by atoms with Crippen molar-refractivity contribution in [1.29, 1.82) is 0 Å². The van der Waals surface area contributed by atoms with Crippen LogP contribution in [0.4, 0.5) is 13.6 Å². The number of rotatable bonds is 3. The second-order valence-electron chi connectivity index (χ2n) is 4.77. The molecule has 7 nitrogen and oxygen atoms in total. The SMILES string of the molecule is CC(=O)OC1=C(NC(=O)O)OC(C)(c2cc(F)ccc2F)C1=O. The van der Waals surface area contributed by atoms with Gasteiger partial charge in [-0.1, -0.05) is 0 Å². The molecule has 1 heterocycles. The molecule has 1 aromatic rings. The van der Waals surface area contributed by atoms with Crippen molar-refractivity contribution in [2.75, 3.05) is 0 Å². The Kier molecular flexibility index (Phi) is 4.04. The first kappa shape index (κ1) is 16.4. The molecule has 0 radical (unpaired) electrons. The molecular formula is C14H11F2NO6. The number of hydrogen-bond donors (Lipinski definition) is 2. The smallest absolute Gasteiger partial charge is 0.411 e. The van der Waals surface area contributed by atoms with Gasteiger partial charge in [-0.2, -0.15) is 0 Å². The highest BCUT2D eigenvalue weighted by Crippen LogP contribution is 2.39. The molecule has 0 spiro atoms. The Balaban J connectivity index is 2.51. The van der Waals surface area contributed by atoms with Crippen molar-refractivity contribution in [2.45, 2.75) is 19.4 Å². The number of Topliss-reactive ketones (excluding diaryl/α,β-unsaturated/α-hetero) is 1. The van der Waals surface area contributed by atoms with Crippen LogP contribution in [0.3, 0.4) is 0 Å². The first-order valence-corrected chi connectivity index (χ1v) is 6.27. The summed E-state index contributed by atoms with van der Waals surface area (Å²) < 4.78 is 37.1. The number of ketones is 1. The minimum atomic E-state index is -2.09. The van der Waals surface area contributed by atoms with Gasteiger partial charge < -0.3 is 14.6 Å². The molecule has 1 amide bonds. The van der Waals surface area contributed by atoms with E-state index in [2.05, 4.69) is 4.74 Å². The van der Waals surface area contributed by atoms with E-state index in [0.717, 1.165) is 32.0 Å². The zero-order chi connectivity index (χ0) is 17.4. The summed E-state index contributed by atoms with van der Waals surface area (Å²) in [6.07, 6.45) is -1.60. The lowest BCUT2D eigenvalue weighted by Gasteiger charge is -2.23. The summed E-state index contributed by atoms with van der Waals surface area (Å²) in [4.78, 5) is 34.3. The van der Waals surface area contributed by atoms with Crippen LogP contribution in [-0.2, 0) is 24.7 Å². The topological polar surface area (TPSA) is 102 Å². The number of carbonyl (C=O) groups excluding carboxylic acids is 2. The normalized spacial score (nSPS) is 20.3. The summed E-state index contributed by atoms with van der Waals surface area (Å²) in [5.74, 6) is -5.12. The fourth-order valence-electron chi connectivity index (χ4n) is 2.07. The average Bonchev–Trinajstić information content (AvgIpc) is 2.66. The van der Waals surface area contributed by atoms with E-state index < -0.39 is 52.3 Å². The number of halogens is 2. The molecule has 1 aliphatic rings. The van der Waals surface area contributed by atoms with E-state index in [9.17, 15) is 23.2 Å². The van der Waals surface area contributed by atoms with E-state index >= 15 is 0 Å². The molecule has 9 heteroatoms. The molecule has 0 saturated heterocycles. The average molecular weight is 327 g/mol. The molecule has 23 heavy (non-hydrogen) atoms. The molecular weight excluding hydrogens is 316 g/mol. The number of benzene rings is 1. The molecule has 0 fully saturated rings. The number of carboxylic acid groups (broad SMARTS) is 1. The van der Waals surface area contributed by atoms with E-state index in [4.69, 9.17) is 9.84 Å². The third-order valence-electron chi connectivity index (χ3n) is 3.06. The Hall–Kier alpha value is -2.97. The van der Waals surface area contributed by atoms with Gasteiger partial charge in [-0.15, -0.1) is 0 Å². The Morgan fingerprint density at radius 1 is 1.35 bits per heavy atom. The Morgan fingerprint density at radius 2 is 2.00 bits per heavy atom. The predicted molar refractivity (Wildman–Crippen MR) is 69.8 cm³/mol. The third-order valence-corrected chi connectivity index (χ3v) is 3.06. The summed E-state index contributed by atoms with van der Waals surface area (Å²) in [7, 11) is 0. The van der Waals surface area contributed by atoms with Crippen LogP contribution < -0.4 is 5.32 Å². The van der Waals surface area contributed by atoms with Crippen molar-refractivity contribution in [3.05, 3.63) is 47.0 Å². The van der Waals surface area contributed by atoms with Gasteiger partial charge in [0.15, 0.2) is 0 Å². The molecule has 0 aliphatic carbocycles. The van der Waals surface area contributed by atoms with Crippen molar-refractivity contribution in [3.63, 3.8) is 0 Å². The fraction of sp³-hybridized carbons (Fsp3) is 0.214. The number of carbonyl (C=O) groups is 3. The van der Waals surface area contributed by atoms with Crippen LogP contribution >= 0.6 is 0 Å². The Labute approximate surface area is 128 Å². The number of hydrogen-bond acceptors (Lipinski definition) is 5. The van der Waals surface area contributed by atoms with E-state index in [1.54, 1.807) is 5.32 Å². The summed E-state index contributed by atoms with van der Waals surface area (Å²) in [5, 5.41) is 10.5. The number of amides is 1. The summed E-state index contributed by atoms with van der Waals surface area (Å²) >= 11 is 0. The molecule has 0 bridgehead atoms. The third kappa shape index (κ3) is 2.98. The quantitative estimate of drug-likeness (QED) is 0.821. The maximum Gasteiger partial charge on any atom is 0.411 e. The number of ether oxygens (including phenoxy) is 2. The van der Waals surface area contributed by atoms with Crippen LogP contribution in [0, 0.1) is 11.6 Å². The first-order chi connectivity index (χ1) is 10.6. The first-order valence-electron chi connectivity index (χ1n) is 6.27. The van der Waals surface area contributed by atoms with Crippen LogP contribution in [0.2, 0.25) is 0 Å². The van der Waals surface area contributed by atoms with Crippen LogP contribution in [-0.4, -0.2) is 23.0 Å². The van der Waals surface area contributed by atoms with Gasteiger partial charge >= 0.3 is 12.1 Å². The molecule has 2 N–H and O–H groups in total. The summed E-state index contributed by atoms with van der Waals surface area (Å²) in [6, 6.07) is 2.38. The van der Waals surface area contributed by atoms with E-state index in [-0.39, 0.29) is 0 Å². The molecule has 1 aliphatic heterocycles. The molecule has 0 aromatic heterocycles. The standard InChI is InChI=1S/C14H11F2NO6/c1-6(18)22-10-11(19)14(2,23-12(10)17-13(20)21)8-5-7(15)3-4-9(8)16/h3-5,17H,1-2H3,(H,20,21). The lowest BCUT2D eigenvalue weighted by atomic mass is 9.91. The van der Waals surface area contributed by atoms with Gasteiger partial charge in [0.25, 0.3) is 5.78 Å². The Bertz CT molecular complexity index is 745. The monoisotopic (exact) mass is 327 g/mol. The van der Waals surface area contributed by atoms with Gasteiger partial charge in [0, 0.05) is 12.5 Å². The molecule has 1 unspecified atom stereocenters. The molecule has 2 rings (SSSR count). The molecule has 122 valence electrons. The maximum atomic E-state index is 14.0. The highest BCUT2D eigenvalue weighted by molar-refractivity contribution is 6.04. The van der Waals surface area contributed by atoms with E-state index in [0.29, 0.717) is 0 Å². The summed E-state index contributed by atoms with van der Waals surface area (Å²) in [5.41, 5.74) is -2.55. The maximum absolute atomic E-state index is 14.0. The zero-order valence-electron chi connectivity index (χ0n) is 12.0. The fourth-order valence-corrected chi connectivity index (χ4v) is 2.07. The minimum Gasteiger partial charge on any atom is -0.465 e. The minimum absolute atomic E-state index is 0.464. The predicted octanol–water partition coefficient (Wildman–Crippen LogP) is 1.78. The highest BCUT2D eigenvalue weighted by atomic mass is 19.1. The van der Waals surface area contributed by atoms with Crippen LogP contribution in [0.1, 0.15) is 19.4 Å². The molecule has 1 atom stereocenters. The highest BCUT2D eigenvalue weighted by Gasteiger charge is 2.51. The molecule has 0 saturated carbocycles. The van der Waals surface area contributed by atoms with Gasteiger partial charge in [0.05, 0.1) is 0 Å². The van der Waals surface area contributed by atoms with E-state index in [1.807, 2.05) is 0 Å². The number of nitrogens with one attached hydrogen (secondary N) is 1. The van der Waals surface area contributed by atoms with Crippen LogP contribution in [0.5, 0.6) is 0 Å². The van der Waals surface area contributed by atoms with Gasteiger partial charge in [0.1, 0.15) is 11.6 Å². The van der Waals surface area contributed by atoms with Gasteiger partial charge in [-0.3, -0.25) is 14.9 Å². The van der Waals surface area contributed by atoms with Crippen molar-refractivity contribution >= 4 is 17.8 Å².